The summed E-state index contributed by atoms with van der Waals surface area (Å²) in [5.41, 5.74) is 4.93. The van der Waals surface area contributed by atoms with Crippen LogP contribution in [-0.2, 0) is 23.7 Å². The van der Waals surface area contributed by atoms with Gasteiger partial charge in [-0.2, -0.15) is 0 Å². The number of thiazole rings is 1. The normalized spacial score (nSPS) is 18.3. The van der Waals surface area contributed by atoms with Crippen LogP contribution < -0.4 is 5.32 Å². The number of fused-ring (bicyclic) bond motifs is 1. The van der Waals surface area contributed by atoms with E-state index in [9.17, 15) is 4.79 Å². The zero-order chi connectivity index (χ0) is 30.0. The molecule has 43 heavy (non-hydrogen) atoms. The minimum Gasteiger partial charge on any atom is -0.459 e. The fourth-order valence-electron chi connectivity index (χ4n) is 5.14. The van der Waals surface area contributed by atoms with Crippen molar-refractivity contribution in [2.45, 2.75) is 32.5 Å². The Labute approximate surface area is 256 Å². The third kappa shape index (κ3) is 8.07. The van der Waals surface area contributed by atoms with Gasteiger partial charge in [0.25, 0.3) is 5.91 Å². The second kappa shape index (κ2) is 15.2. The maximum absolute atomic E-state index is 13.5. The highest BCUT2D eigenvalue weighted by molar-refractivity contribution is 7.21. The average Bonchev–Trinajstić information content (AvgIpc) is 3.45. The molecule has 0 saturated carbocycles. The van der Waals surface area contributed by atoms with Crippen LogP contribution in [0.4, 0.5) is 5.69 Å². The van der Waals surface area contributed by atoms with Crippen LogP contribution in [0.25, 0.3) is 20.8 Å². The lowest BCUT2D eigenvalue weighted by Gasteiger charge is -2.37. The topological polar surface area (TPSA) is 99.1 Å². The van der Waals surface area contributed by atoms with Gasteiger partial charge >= 0.3 is 0 Å². The van der Waals surface area contributed by atoms with Crippen LogP contribution in [0, 0.1) is 12.8 Å². The molecular formula is C34H38N2O6S. The minimum absolute atomic E-state index is 0.00825. The van der Waals surface area contributed by atoms with E-state index in [-0.39, 0.29) is 30.1 Å². The fraction of sp³-hybridized carbons (Fsp3) is 0.353. The number of rotatable bonds is 14. The highest BCUT2D eigenvalue weighted by Gasteiger charge is 2.38. The lowest BCUT2D eigenvalue weighted by Crippen LogP contribution is -2.38. The molecule has 0 radical (unpaired) electrons. The molecule has 3 unspecified atom stereocenters. The fourth-order valence-corrected chi connectivity index (χ4v) is 6.21. The summed E-state index contributed by atoms with van der Waals surface area (Å²) < 4.78 is 24.4. The van der Waals surface area contributed by atoms with Crippen molar-refractivity contribution in [3.8, 4) is 10.6 Å². The van der Waals surface area contributed by atoms with Crippen LogP contribution in [0.3, 0.4) is 0 Å². The summed E-state index contributed by atoms with van der Waals surface area (Å²) in [6.45, 7) is 6.07. The molecule has 1 amide bonds. The van der Waals surface area contributed by atoms with Gasteiger partial charge in [0.1, 0.15) is 5.01 Å². The molecule has 3 aromatic carbocycles. The largest absolute Gasteiger partial charge is 0.459 e. The first kappa shape index (κ1) is 30.8. The Bertz CT molecular complexity index is 1500. The van der Waals surface area contributed by atoms with Crippen molar-refractivity contribution in [1.29, 1.82) is 0 Å². The summed E-state index contributed by atoms with van der Waals surface area (Å²) in [5.74, 6) is -0.266. The Balaban J connectivity index is 1.29. The van der Waals surface area contributed by atoms with Gasteiger partial charge < -0.3 is 29.4 Å². The van der Waals surface area contributed by atoms with Gasteiger partial charge in [-0.1, -0.05) is 36.4 Å². The van der Waals surface area contributed by atoms with E-state index in [1.165, 1.54) is 5.56 Å². The quantitative estimate of drug-likeness (QED) is 0.163. The maximum Gasteiger partial charge on any atom is 0.290 e. The summed E-state index contributed by atoms with van der Waals surface area (Å²) in [5, 5.41) is 12.8. The van der Waals surface area contributed by atoms with E-state index in [1.807, 2.05) is 61.5 Å². The van der Waals surface area contributed by atoms with E-state index in [2.05, 4.69) is 36.5 Å². The van der Waals surface area contributed by atoms with E-state index in [4.69, 9.17) is 29.0 Å². The van der Waals surface area contributed by atoms with Gasteiger partial charge in [0, 0.05) is 36.3 Å². The third-order valence-corrected chi connectivity index (χ3v) is 8.33. The van der Waals surface area contributed by atoms with E-state index in [1.54, 1.807) is 11.3 Å². The molecule has 5 rings (SSSR count). The zero-order valence-corrected chi connectivity index (χ0v) is 25.3. The molecule has 0 bridgehead atoms. The first-order valence-corrected chi connectivity index (χ1v) is 15.5. The number of aromatic nitrogens is 1. The van der Waals surface area contributed by atoms with Gasteiger partial charge in [0.05, 0.1) is 36.6 Å². The molecule has 4 aromatic rings. The number of aliphatic hydroxyl groups excluding tert-OH is 1. The van der Waals surface area contributed by atoms with E-state index in [0.717, 1.165) is 26.4 Å². The Morgan fingerprint density at radius 3 is 2.51 bits per heavy atom. The van der Waals surface area contributed by atoms with Crippen molar-refractivity contribution >= 4 is 33.1 Å². The van der Waals surface area contributed by atoms with Gasteiger partial charge in [-0.25, -0.2) is 4.98 Å². The third-order valence-electron chi connectivity index (χ3n) is 7.26. The zero-order valence-electron chi connectivity index (χ0n) is 24.5. The Morgan fingerprint density at radius 1 is 1.00 bits per heavy atom. The summed E-state index contributed by atoms with van der Waals surface area (Å²) >= 11 is 1.66. The standard InChI is InChI=1S/C34H38N2O6S/c1-3-41-34-27(15-17-39-19-20-40-18-16-37)28(24-7-5-4-6-8-24)22-30(42-34)32(38)35-26-12-10-25(11-13-26)33-36-29-14-9-23(2)21-31(29)43-33/h4-14,21-22,27-28,34,37H,3,15-20H2,1-2H3,(H,35,38). The molecule has 1 aliphatic heterocycles. The molecule has 3 atom stereocenters. The first-order chi connectivity index (χ1) is 21.1. The van der Waals surface area contributed by atoms with Gasteiger partial charge in [0.15, 0.2) is 5.76 Å². The van der Waals surface area contributed by atoms with Crippen LogP contribution in [-0.4, -0.2) is 61.9 Å². The highest BCUT2D eigenvalue weighted by atomic mass is 32.1. The molecule has 1 aliphatic rings. The molecule has 0 aliphatic carbocycles. The van der Waals surface area contributed by atoms with Gasteiger partial charge in [-0.3, -0.25) is 4.79 Å². The number of allylic oxidation sites excluding steroid dienone is 1. The molecule has 9 heteroatoms. The predicted molar refractivity (Wildman–Crippen MR) is 169 cm³/mol. The highest BCUT2D eigenvalue weighted by Crippen LogP contribution is 2.39. The number of carbonyl (C=O) groups is 1. The van der Waals surface area contributed by atoms with Crippen LogP contribution in [0.2, 0.25) is 0 Å². The number of hydrogen-bond donors (Lipinski definition) is 2. The lowest BCUT2D eigenvalue weighted by molar-refractivity contribution is -0.166. The smallest absolute Gasteiger partial charge is 0.290 e. The molecule has 2 N–H and O–H groups in total. The number of anilines is 1. The number of hydrogen-bond acceptors (Lipinski definition) is 8. The van der Waals surface area contributed by atoms with Crippen LogP contribution in [0.5, 0.6) is 0 Å². The number of nitrogens with one attached hydrogen (secondary N) is 1. The van der Waals surface area contributed by atoms with Crippen LogP contribution >= 0.6 is 11.3 Å². The SMILES string of the molecule is CCOC1OC(C(=O)Nc2ccc(-c3nc4ccc(C)cc4s3)cc2)=CC(c2ccccc2)C1CCOCCOCCO. The summed E-state index contributed by atoms with van der Waals surface area (Å²) in [6, 6.07) is 24.0. The monoisotopic (exact) mass is 602 g/mol. The van der Waals surface area contributed by atoms with Crippen molar-refractivity contribution in [2.24, 2.45) is 5.92 Å². The van der Waals surface area contributed by atoms with Crippen molar-refractivity contribution < 1.29 is 28.8 Å². The molecular weight excluding hydrogens is 564 g/mol. The van der Waals surface area contributed by atoms with Crippen LogP contribution in [0.1, 0.15) is 30.4 Å². The van der Waals surface area contributed by atoms with Crippen LogP contribution in [0.15, 0.2) is 84.6 Å². The molecule has 8 nitrogen and oxygen atoms in total. The van der Waals surface area contributed by atoms with E-state index < -0.39 is 6.29 Å². The number of nitrogens with zero attached hydrogens (tertiary/aromatic N) is 1. The minimum atomic E-state index is -0.611. The molecule has 0 saturated heterocycles. The van der Waals surface area contributed by atoms with Crippen molar-refractivity contribution in [1.82, 2.24) is 4.98 Å². The molecule has 1 aromatic heterocycles. The second-order valence-corrected chi connectivity index (χ2v) is 11.4. The summed E-state index contributed by atoms with van der Waals surface area (Å²) in [4.78, 5) is 18.2. The number of carbonyl (C=O) groups excluding carboxylic acids is 1. The Hall–Kier alpha value is -3.60. The number of amides is 1. The number of ether oxygens (including phenoxy) is 4. The Morgan fingerprint density at radius 2 is 1.77 bits per heavy atom. The lowest BCUT2D eigenvalue weighted by atomic mass is 9.81. The number of benzene rings is 3. The number of aryl methyl sites for hydroxylation is 1. The maximum atomic E-state index is 13.5. The Kier molecular flexibility index (Phi) is 10.9. The van der Waals surface area contributed by atoms with Gasteiger partial charge in [0.2, 0.25) is 6.29 Å². The van der Waals surface area contributed by atoms with E-state index >= 15 is 0 Å². The number of aliphatic hydroxyl groups is 1. The molecule has 226 valence electrons. The van der Waals surface area contributed by atoms with E-state index in [0.29, 0.717) is 45.1 Å². The summed E-state index contributed by atoms with van der Waals surface area (Å²) in [7, 11) is 0. The van der Waals surface area contributed by atoms with Gasteiger partial charge in [-0.05, 0) is 73.9 Å². The average molecular weight is 603 g/mol. The summed E-state index contributed by atoms with van der Waals surface area (Å²) in [6.07, 6.45) is 1.95. The predicted octanol–water partition coefficient (Wildman–Crippen LogP) is 6.30. The van der Waals surface area contributed by atoms with Gasteiger partial charge in [-0.15, -0.1) is 11.3 Å². The van der Waals surface area contributed by atoms with Crippen molar-refractivity contribution in [3.05, 3.63) is 95.8 Å². The molecule has 0 fully saturated rings. The molecule has 0 spiro atoms. The second-order valence-electron chi connectivity index (χ2n) is 10.3. The van der Waals surface area contributed by atoms with Crippen molar-refractivity contribution in [2.75, 3.05) is 45.0 Å². The first-order valence-electron chi connectivity index (χ1n) is 14.7. The molecule has 2 heterocycles. The van der Waals surface area contributed by atoms with Crippen molar-refractivity contribution in [3.63, 3.8) is 0 Å².